The van der Waals surface area contributed by atoms with Crippen molar-refractivity contribution in [2.24, 2.45) is 5.11 Å². The van der Waals surface area contributed by atoms with Crippen molar-refractivity contribution in [3.63, 3.8) is 0 Å². The first-order valence-electron chi connectivity index (χ1n) is 4.00. The minimum absolute atomic E-state index is 0.0511. The predicted octanol–water partition coefficient (Wildman–Crippen LogP) is 3.03. The molecule has 0 aliphatic heterocycles. The number of hydrogen-bond acceptors (Lipinski definition) is 2. The Balaban J connectivity index is 2.43. The molecule has 1 aliphatic rings. The Morgan fingerprint density at radius 2 is 2.54 bits per heavy atom. The molecule has 1 aromatic heterocycles. The summed E-state index contributed by atoms with van der Waals surface area (Å²) in [5, 5.41) is 4.19. The fourth-order valence-electron chi connectivity index (χ4n) is 1.63. The minimum atomic E-state index is -0.0511. The van der Waals surface area contributed by atoms with Gasteiger partial charge in [0.1, 0.15) is 5.15 Å². The molecule has 0 bridgehead atoms. The average Bonchev–Trinajstić information content (AvgIpc) is 2.49. The van der Waals surface area contributed by atoms with Crippen LogP contribution in [0.2, 0.25) is 5.15 Å². The van der Waals surface area contributed by atoms with Crippen LogP contribution >= 0.6 is 11.6 Å². The fraction of sp³-hybridized carbons (Fsp3) is 0.375. The molecule has 1 aliphatic carbocycles. The predicted molar refractivity (Wildman–Crippen MR) is 49.5 cm³/mol. The van der Waals surface area contributed by atoms with Crippen molar-refractivity contribution in [2.75, 3.05) is 0 Å². The highest BCUT2D eigenvalue weighted by atomic mass is 35.5. The highest BCUT2D eigenvalue weighted by molar-refractivity contribution is 6.29. The van der Waals surface area contributed by atoms with E-state index in [2.05, 4.69) is 15.0 Å². The molecule has 2 rings (SSSR count). The summed E-state index contributed by atoms with van der Waals surface area (Å²) in [5.74, 6) is 0. The van der Waals surface area contributed by atoms with Crippen LogP contribution in [-0.4, -0.2) is 4.98 Å². The van der Waals surface area contributed by atoms with Crippen LogP contribution in [0.5, 0.6) is 0 Å². The molecule has 0 radical (unpaired) electrons. The summed E-state index contributed by atoms with van der Waals surface area (Å²) in [6.07, 6.45) is 3.48. The van der Waals surface area contributed by atoms with Crippen molar-refractivity contribution in [2.45, 2.75) is 18.9 Å². The molecule has 1 aromatic rings. The van der Waals surface area contributed by atoms with Crippen LogP contribution in [-0.2, 0) is 6.42 Å². The Bertz CT molecular complexity index is 384. The molecular weight excluding hydrogens is 188 g/mol. The maximum absolute atomic E-state index is 8.32. The third-order valence-electron chi connectivity index (χ3n) is 2.23. The molecule has 0 saturated heterocycles. The maximum atomic E-state index is 8.32. The van der Waals surface area contributed by atoms with E-state index in [0.717, 1.165) is 24.0 Å². The molecule has 0 spiro atoms. The van der Waals surface area contributed by atoms with Gasteiger partial charge in [0.05, 0.1) is 6.04 Å². The topological polar surface area (TPSA) is 61.7 Å². The maximum Gasteiger partial charge on any atom is 0.129 e. The van der Waals surface area contributed by atoms with Crippen LogP contribution in [0.1, 0.15) is 23.6 Å². The Hall–Kier alpha value is -1.25. The Morgan fingerprint density at radius 3 is 3.31 bits per heavy atom. The molecule has 0 aromatic carbocycles. The van der Waals surface area contributed by atoms with E-state index in [0.29, 0.717) is 5.15 Å². The number of azide groups is 1. The summed E-state index contributed by atoms with van der Waals surface area (Å²) in [6.45, 7) is 0. The number of rotatable bonds is 1. The molecule has 4 nitrogen and oxygen atoms in total. The second kappa shape index (κ2) is 3.24. The molecule has 1 unspecified atom stereocenters. The summed E-state index contributed by atoms with van der Waals surface area (Å²) in [7, 11) is 0. The van der Waals surface area contributed by atoms with Crippen LogP contribution in [0.15, 0.2) is 17.4 Å². The van der Waals surface area contributed by atoms with Crippen molar-refractivity contribution in [1.82, 2.24) is 4.98 Å². The van der Waals surface area contributed by atoms with E-state index in [1.54, 1.807) is 6.20 Å². The lowest BCUT2D eigenvalue weighted by atomic mass is 10.1. The van der Waals surface area contributed by atoms with E-state index in [4.69, 9.17) is 17.1 Å². The zero-order chi connectivity index (χ0) is 9.26. The molecule has 0 fully saturated rings. The Labute approximate surface area is 80.2 Å². The first kappa shape index (κ1) is 8.35. The van der Waals surface area contributed by atoms with E-state index in [-0.39, 0.29) is 6.04 Å². The van der Waals surface area contributed by atoms with E-state index >= 15 is 0 Å². The van der Waals surface area contributed by atoms with Gasteiger partial charge in [0.15, 0.2) is 0 Å². The average molecular weight is 195 g/mol. The number of hydrogen-bond donors (Lipinski definition) is 0. The fourth-order valence-corrected chi connectivity index (χ4v) is 1.81. The van der Waals surface area contributed by atoms with Gasteiger partial charge >= 0.3 is 0 Å². The highest BCUT2D eigenvalue weighted by Crippen LogP contribution is 2.34. The smallest absolute Gasteiger partial charge is 0.129 e. The van der Waals surface area contributed by atoms with Gasteiger partial charge in [-0.3, -0.25) is 0 Å². The first-order chi connectivity index (χ1) is 6.31. The second-order valence-electron chi connectivity index (χ2n) is 2.97. The molecular formula is C8H7ClN4. The minimum Gasteiger partial charge on any atom is -0.244 e. The molecule has 0 amide bonds. The summed E-state index contributed by atoms with van der Waals surface area (Å²) < 4.78 is 0. The molecule has 5 heteroatoms. The SMILES string of the molecule is [N-]=[N+]=NC1CCc2cc(Cl)ncc21. The largest absolute Gasteiger partial charge is 0.244 e. The lowest BCUT2D eigenvalue weighted by Gasteiger charge is -2.02. The number of aryl methyl sites for hydroxylation is 1. The Kier molecular flexibility index (Phi) is 2.08. The first-order valence-corrected chi connectivity index (χ1v) is 4.37. The number of pyridine rings is 1. The van der Waals surface area contributed by atoms with Gasteiger partial charge in [-0.25, -0.2) is 4.98 Å². The van der Waals surface area contributed by atoms with Crippen molar-refractivity contribution in [3.05, 3.63) is 39.0 Å². The van der Waals surface area contributed by atoms with Crippen molar-refractivity contribution < 1.29 is 0 Å². The molecule has 13 heavy (non-hydrogen) atoms. The van der Waals surface area contributed by atoms with Gasteiger partial charge in [0.2, 0.25) is 0 Å². The van der Waals surface area contributed by atoms with E-state index < -0.39 is 0 Å². The van der Waals surface area contributed by atoms with E-state index in [9.17, 15) is 0 Å². The molecule has 0 N–H and O–H groups in total. The van der Waals surface area contributed by atoms with Crippen LogP contribution in [0.25, 0.3) is 10.4 Å². The van der Waals surface area contributed by atoms with Crippen LogP contribution in [0, 0.1) is 0 Å². The number of fused-ring (bicyclic) bond motifs is 1. The third-order valence-corrected chi connectivity index (χ3v) is 2.43. The van der Waals surface area contributed by atoms with Gasteiger partial charge in [0.25, 0.3) is 0 Å². The molecule has 1 heterocycles. The number of nitrogens with zero attached hydrogens (tertiary/aromatic N) is 4. The standard InChI is InChI=1S/C8H7ClN4/c9-8-3-5-1-2-7(12-13-10)6(5)4-11-8/h3-4,7H,1-2H2. The Morgan fingerprint density at radius 1 is 1.69 bits per heavy atom. The van der Waals surface area contributed by atoms with Gasteiger partial charge in [-0.05, 0) is 35.6 Å². The van der Waals surface area contributed by atoms with Gasteiger partial charge in [-0.15, -0.1) is 0 Å². The van der Waals surface area contributed by atoms with Gasteiger partial charge in [0, 0.05) is 11.1 Å². The number of aromatic nitrogens is 1. The quantitative estimate of drug-likeness (QED) is 0.293. The zero-order valence-corrected chi connectivity index (χ0v) is 7.57. The van der Waals surface area contributed by atoms with E-state index in [1.807, 2.05) is 6.07 Å². The van der Waals surface area contributed by atoms with E-state index in [1.165, 1.54) is 0 Å². The summed E-state index contributed by atoms with van der Waals surface area (Å²) in [5.41, 5.74) is 10.5. The molecule has 66 valence electrons. The van der Waals surface area contributed by atoms with Crippen LogP contribution in [0.4, 0.5) is 0 Å². The second-order valence-corrected chi connectivity index (χ2v) is 3.35. The van der Waals surface area contributed by atoms with Gasteiger partial charge in [-0.2, -0.15) is 0 Å². The van der Waals surface area contributed by atoms with Crippen LogP contribution in [0.3, 0.4) is 0 Å². The summed E-state index contributed by atoms with van der Waals surface area (Å²) in [4.78, 5) is 6.77. The van der Waals surface area contributed by atoms with Crippen LogP contribution < -0.4 is 0 Å². The summed E-state index contributed by atoms with van der Waals surface area (Å²) in [6, 6.07) is 1.79. The zero-order valence-electron chi connectivity index (χ0n) is 6.81. The van der Waals surface area contributed by atoms with Gasteiger partial charge < -0.3 is 0 Å². The van der Waals surface area contributed by atoms with Crippen molar-refractivity contribution in [3.8, 4) is 0 Å². The molecule has 1 atom stereocenters. The highest BCUT2D eigenvalue weighted by Gasteiger charge is 2.21. The van der Waals surface area contributed by atoms with Crippen molar-refractivity contribution in [1.29, 1.82) is 0 Å². The number of halogens is 1. The summed E-state index contributed by atoms with van der Waals surface area (Å²) >= 11 is 5.73. The lowest BCUT2D eigenvalue weighted by molar-refractivity contribution is 0.706. The molecule has 0 saturated carbocycles. The third kappa shape index (κ3) is 1.46. The van der Waals surface area contributed by atoms with Crippen molar-refractivity contribution >= 4 is 11.6 Å². The lowest BCUT2D eigenvalue weighted by Crippen LogP contribution is -1.89. The normalized spacial score (nSPS) is 19.3. The van der Waals surface area contributed by atoms with Gasteiger partial charge in [-0.1, -0.05) is 16.7 Å². The monoisotopic (exact) mass is 194 g/mol.